The summed E-state index contributed by atoms with van der Waals surface area (Å²) in [6, 6.07) is 6.08. The Morgan fingerprint density at radius 2 is 1.85 bits per heavy atom. The molecule has 1 N–H and O–H groups in total. The third-order valence-electron chi connectivity index (χ3n) is 5.52. The van der Waals surface area contributed by atoms with Gasteiger partial charge in [0.15, 0.2) is 11.6 Å². The number of methoxy groups -OCH3 is 1. The number of benzene rings is 2. The van der Waals surface area contributed by atoms with E-state index in [1.807, 2.05) is 31.1 Å². The number of anilines is 1. The number of carbonyl (C=O) groups excluding carboxylic acids is 1. The number of halogens is 2. The highest BCUT2D eigenvalue weighted by Crippen LogP contribution is 2.37. The summed E-state index contributed by atoms with van der Waals surface area (Å²) in [5.74, 6) is -2.04. The van der Waals surface area contributed by atoms with Crippen molar-refractivity contribution in [3.8, 4) is 16.9 Å². The van der Waals surface area contributed by atoms with Gasteiger partial charge in [0, 0.05) is 43.4 Å². The van der Waals surface area contributed by atoms with E-state index in [2.05, 4.69) is 20.2 Å². The fraction of sp³-hybridized carbons (Fsp3) is 0.240. The van der Waals surface area contributed by atoms with Crippen molar-refractivity contribution >= 4 is 22.6 Å². The minimum absolute atomic E-state index is 0.0773. The second kappa shape index (κ2) is 9.56. The summed E-state index contributed by atoms with van der Waals surface area (Å²) in [6.07, 6.45) is 6.58. The first-order valence-corrected chi connectivity index (χ1v) is 10.7. The van der Waals surface area contributed by atoms with Gasteiger partial charge in [-0.1, -0.05) is 6.07 Å². The normalized spacial score (nSPS) is 11.3. The second-order valence-electron chi connectivity index (χ2n) is 8.21. The van der Waals surface area contributed by atoms with Crippen LogP contribution in [0.3, 0.4) is 0 Å². The van der Waals surface area contributed by atoms with Crippen LogP contribution >= 0.6 is 0 Å². The van der Waals surface area contributed by atoms with Crippen LogP contribution in [-0.2, 0) is 6.54 Å². The average Bonchev–Trinajstić information content (AvgIpc) is 3.27. The molecule has 0 atom stereocenters. The largest absolute Gasteiger partial charge is 0.494 e. The fourth-order valence-electron chi connectivity index (χ4n) is 3.73. The van der Waals surface area contributed by atoms with Crippen LogP contribution in [0.4, 0.5) is 14.5 Å². The molecule has 7 nitrogen and oxygen atoms in total. The standard InChI is InChI=1S/C25H25F2N5O2/c1-15-13-19(34-4)22(27)20(21(15)26)17-5-6-18(24-23(17)28-8-9-29-24)25(33)30-16-7-10-32(14-16)12-11-31(2)3/h5-10,13-14H,11-12H2,1-4H3,(H,30,33). The molecule has 2 heterocycles. The van der Waals surface area contributed by atoms with Gasteiger partial charge in [0.1, 0.15) is 11.3 Å². The van der Waals surface area contributed by atoms with E-state index in [1.165, 1.54) is 44.6 Å². The number of nitrogens with one attached hydrogen (secondary N) is 1. The first kappa shape index (κ1) is 23.3. The molecule has 0 aliphatic rings. The molecule has 0 spiro atoms. The molecule has 4 rings (SSSR count). The predicted octanol–water partition coefficient (Wildman–Crippen LogP) is 4.51. The van der Waals surface area contributed by atoms with Gasteiger partial charge in [0.25, 0.3) is 5.91 Å². The molecule has 0 aliphatic heterocycles. The monoisotopic (exact) mass is 465 g/mol. The molecule has 34 heavy (non-hydrogen) atoms. The van der Waals surface area contributed by atoms with Gasteiger partial charge in [-0.3, -0.25) is 14.8 Å². The van der Waals surface area contributed by atoms with Crippen LogP contribution < -0.4 is 10.1 Å². The lowest BCUT2D eigenvalue weighted by molar-refractivity contribution is 0.102. The lowest BCUT2D eigenvalue weighted by Crippen LogP contribution is -2.17. The fourth-order valence-corrected chi connectivity index (χ4v) is 3.73. The highest BCUT2D eigenvalue weighted by molar-refractivity contribution is 6.13. The van der Waals surface area contributed by atoms with Crippen LogP contribution in [0, 0.1) is 18.6 Å². The number of nitrogens with zero attached hydrogens (tertiary/aromatic N) is 4. The summed E-state index contributed by atoms with van der Waals surface area (Å²) in [4.78, 5) is 23.7. The van der Waals surface area contributed by atoms with Gasteiger partial charge in [-0.05, 0) is 44.8 Å². The highest BCUT2D eigenvalue weighted by atomic mass is 19.1. The van der Waals surface area contributed by atoms with Gasteiger partial charge in [0.05, 0.1) is 29.4 Å². The number of hydrogen-bond donors (Lipinski definition) is 1. The Hall–Kier alpha value is -3.85. The van der Waals surface area contributed by atoms with Crippen molar-refractivity contribution in [2.45, 2.75) is 13.5 Å². The summed E-state index contributed by atoms with van der Waals surface area (Å²) in [5, 5.41) is 2.86. The van der Waals surface area contributed by atoms with Crippen molar-refractivity contribution in [2.75, 3.05) is 33.1 Å². The Morgan fingerprint density at radius 3 is 2.56 bits per heavy atom. The van der Waals surface area contributed by atoms with Crippen molar-refractivity contribution in [1.29, 1.82) is 0 Å². The Morgan fingerprint density at radius 1 is 1.12 bits per heavy atom. The van der Waals surface area contributed by atoms with Crippen LogP contribution in [0.5, 0.6) is 5.75 Å². The molecule has 1 amide bonds. The number of aromatic nitrogens is 3. The zero-order valence-corrected chi connectivity index (χ0v) is 19.4. The molecule has 176 valence electrons. The minimum Gasteiger partial charge on any atom is -0.494 e. The van der Waals surface area contributed by atoms with Crippen LogP contribution in [0.1, 0.15) is 15.9 Å². The summed E-state index contributed by atoms with van der Waals surface area (Å²) < 4.78 is 37.2. The smallest absolute Gasteiger partial charge is 0.257 e. The zero-order chi connectivity index (χ0) is 24.4. The van der Waals surface area contributed by atoms with Crippen molar-refractivity contribution in [3.63, 3.8) is 0 Å². The first-order valence-electron chi connectivity index (χ1n) is 10.7. The third-order valence-corrected chi connectivity index (χ3v) is 5.52. The van der Waals surface area contributed by atoms with Gasteiger partial charge in [-0.2, -0.15) is 0 Å². The highest BCUT2D eigenvalue weighted by Gasteiger charge is 2.23. The zero-order valence-electron chi connectivity index (χ0n) is 19.4. The van der Waals surface area contributed by atoms with E-state index in [-0.39, 0.29) is 39.0 Å². The van der Waals surface area contributed by atoms with Crippen molar-refractivity contribution in [2.24, 2.45) is 0 Å². The van der Waals surface area contributed by atoms with Crippen molar-refractivity contribution in [3.05, 3.63) is 71.8 Å². The van der Waals surface area contributed by atoms with E-state index in [1.54, 1.807) is 6.07 Å². The van der Waals surface area contributed by atoms with Crippen LogP contribution in [-0.4, -0.2) is 53.1 Å². The molecular weight excluding hydrogens is 440 g/mol. The molecule has 2 aromatic heterocycles. The van der Waals surface area contributed by atoms with E-state index < -0.39 is 17.5 Å². The molecule has 0 saturated heterocycles. The van der Waals surface area contributed by atoms with E-state index >= 15 is 8.78 Å². The molecule has 0 aliphatic carbocycles. The minimum atomic E-state index is -0.839. The van der Waals surface area contributed by atoms with E-state index in [0.717, 1.165) is 13.1 Å². The molecular formula is C25H25F2N5O2. The lowest BCUT2D eigenvalue weighted by Gasteiger charge is -2.14. The van der Waals surface area contributed by atoms with E-state index in [4.69, 9.17) is 4.74 Å². The van der Waals surface area contributed by atoms with Gasteiger partial charge < -0.3 is 19.5 Å². The van der Waals surface area contributed by atoms with Crippen molar-refractivity contribution in [1.82, 2.24) is 19.4 Å². The van der Waals surface area contributed by atoms with Crippen LogP contribution in [0.15, 0.2) is 49.1 Å². The second-order valence-corrected chi connectivity index (χ2v) is 8.21. The third kappa shape index (κ3) is 4.47. The Kier molecular flexibility index (Phi) is 6.56. The number of likely N-dealkylation sites (N-methyl/N-ethyl adjacent to an activating group) is 1. The summed E-state index contributed by atoms with van der Waals surface area (Å²) in [7, 11) is 5.30. The summed E-state index contributed by atoms with van der Waals surface area (Å²) in [5.41, 5.74) is 1.47. The maximum Gasteiger partial charge on any atom is 0.257 e. The maximum atomic E-state index is 15.1. The quantitative estimate of drug-likeness (QED) is 0.435. The molecule has 0 bridgehead atoms. The number of carbonyl (C=O) groups is 1. The van der Waals surface area contributed by atoms with Gasteiger partial charge >= 0.3 is 0 Å². The number of rotatable bonds is 7. The van der Waals surface area contributed by atoms with E-state index in [0.29, 0.717) is 5.69 Å². The molecule has 0 fully saturated rings. The molecule has 0 saturated carbocycles. The number of fused-ring (bicyclic) bond motifs is 1. The topological polar surface area (TPSA) is 72.3 Å². The average molecular weight is 466 g/mol. The SMILES string of the molecule is COc1cc(C)c(F)c(-c2ccc(C(=O)Nc3ccn(CCN(C)C)c3)c3nccnc23)c1F. The number of aryl methyl sites for hydroxylation is 1. The Labute approximate surface area is 196 Å². The lowest BCUT2D eigenvalue weighted by atomic mass is 9.97. The van der Waals surface area contributed by atoms with Crippen LogP contribution in [0.2, 0.25) is 0 Å². The summed E-state index contributed by atoms with van der Waals surface area (Å²) >= 11 is 0. The van der Waals surface area contributed by atoms with Crippen LogP contribution in [0.25, 0.3) is 22.2 Å². The Balaban J connectivity index is 1.73. The Bertz CT molecular complexity index is 1370. The summed E-state index contributed by atoms with van der Waals surface area (Å²) in [6.45, 7) is 3.17. The number of ether oxygens (including phenoxy) is 1. The molecule has 0 radical (unpaired) electrons. The molecule has 2 aromatic carbocycles. The first-order chi connectivity index (χ1) is 16.3. The van der Waals surface area contributed by atoms with Crippen molar-refractivity contribution < 1.29 is 18.3 Å². The van der Waals surface area contributed by atoms with Gasteiger partial charge in [-0.15, -0.1) is 0 Å². The number of amides is 1. The molecule has 9 heteroatoms. The predicted molar refractivity (Wildman–Crippen MR) is 127 cm³/mol. The maximum absolute atomic E-state index is 15.1. The molecule has 0 unspecified atom stereocenters. The van der Waals surface area contributed by atoms with Gasteiger partial charge in [0.2, 0.25) is 0 Å². The van der Waals surface area contributed by atoms with Gasteiger partial charge in [-0.25, -0.2) is 8.78 Å². The molecule has 4 aromatic rings. The number of hydrogen-bond acceptors (Lipinski definition) is 5. The van der Waals surface area contributed by atoms with E-state index in [9.17, 15) is 4.79 Å².